The number of ether oxygens (including phenoxy) is 1. The summed E-state index contributed by atoms with van der Waals surface area (Å²) in [6.07, 6.45) is 1.77. The van der Waals surface area contributed by atoms with Crippen LogP contribution in [0.3, 0.4) is 0 Å². The molecule has 0 bridgehead atoms. The van der Waals surface area contributed by atoms with Gasteiger partial charge in [-0.1, -0.05) is 0 Å². The van der Waals surface area contributed by atoms with Gasteiger partial charge in [0.15, 0.2) is 0 Å². The predicted molar refractivity (Wildman–Crippen MR) is 51.9 cm³/mol. The zero-order chi connectivity index (χ0) is 9.14. The van der Waals surface area contributed by atoms with E-state index in [0.717, 1.165) is 3.70 Å². The van der Waals surface area contributed by atoms with Crippen molar-refractivity contribution in [2.75, 3.05) is 6.61 Å². The molecular formula is C7H9IN2O2. The minimum absolute atomic E-state index is 0.348. The molecule has 0 aliphatic heterocycles. The summed E-state index contributed by atoms with van der Waals surface area (Å²) in [5.41, 5.74) is 0. The summed E-state index contributed by atoms with van der Waals surface area (Å²) in [5.74, 6) is -0.0239. The maximum atomic E-state index is 11.2. The van der Waals surface area contributed by atoms with E-state index >= 15 is 0 Å². The summed E-state index contributed by atoms with van der Waals surface area (Å²) in [5, 5.41) is 0. The minimum Gasteiger partial charge on any atom is -0.460 e. The Morgan fingerprint density at radius 2 is 2.50 bits per heavy atom. The van der Waals surface area contributed by atoms with E-state index in [1.807, 2.05) is 22.6 Å². The molecule has 0 amide bonds. The third-order valence-electron chi connectivity index (χ3n) is 1.30. The molecule has 0 fully saturated rings. The standard InChI is InChI=1S/C7H9IN2O2/c1-3-12-7(11)6-9-5(8)4-10(6)2/h4H,3H2,1-2H3. The van der Waals surface area contributed by atoms with Gasteiger partial charge in [-0.3, -0.25) is 0 Å². The Morgan fingerprint density at radius 1 is 1.83 bits per heavy atom. The number of carbonyl (C=O) groups is 1. The molecule has 5 heteroatoms. The number of halogens is 1. The van der Waals surface area contributed by atoms with E-state index in [4.69, 9.17) is 4.74 Å². The fraction of sp³-hybridized carbons (Fsp3) is 0.429. The number of imidazole rings is 1. The van der Waals surface area contributed by atoms with E-state index in [2.05, 4.69) is 4.98 Å². The molecular weight excluding hydrogens is 271 g/mol. The number of rotatable bonds is 2. The first-order chi connectivity index (χ1) is 5.65. The Bertz CT molecular complexity index is 296. The second kappa shape index (κ2) is 3.88. The van der Waals surface area contributed by atoms with Gasteiger partial charge in [0.2, 0.25) is 5.82 Å². The average Bonchev–Trinajstić information content (AvgIpc) is 2.30. The van der Waals surface area contributed by atoms with Crippen molar-refractivity contribution in [2.45, 2.75) is 6.92 Å². The number of aryl methyl sites for hydroxylation is 1. The summed E-state index contributed by atoms with van der Waals surface area (Å²) in [4.78, 5) is 15.2. The smallest absolute Gasteiger partial charge is 0.374 e. The number of nitrogens with zero attached hydrogens (tertiary/aromatic N) is 2. The van der Waals surface area contributed by atoms with E-state index < -0.39 is 0 Å². The predicted octanol–water partition coefficient (Wildman–Crippen LogP) is 1.20. The molecule has 0 saturated carbocycles. The van der Waals surface area contributed by atoms with Gasteiger partial charge in [-0.25, -0.2) is 9.78 Å². The molecule has 0 aliphatic carbocycles. The largest absolute Gasteiger partial charge is 0.460 e. The zero-order valence-electron chi connectivity index (χ0n) is 6.87. The molecule has 0 spiro atoms. The van der Waals surface area contributed by atoms with Crippen LogP contribution < -0.4 is 0 Å². The molecule has 0 N–H and O–H groups in total. The summed E-state index contributed by atoms with van der Waals surface area (Å²) < 4.78 is 7.24. The first-order valence-corrected chi connectivity index (χ1v) is 4.59. The van der Waals surface area contributed by atoms with Crippen molar-refractivity contribution < 1.29 is 9.53 Å². The van der Waals surface area contributed by atoms with Crippen molar-refractivity contribution in [3.05, 3.63) is 15.7 Å². The highest BCUT2D eigenvalue weighted by Gasteiger charge is 2.13. The van der Waals surface area contributed by atoms with Crippen LogP contribution in [-0.4, -0.2) is 22.1 Å². The Labute approximate surface area is 84.1 Å². The molecule has 0 aromatic carbocycles. The van der Waals surface area contributed by atoms with Crippen molar-refractivity contribution in [1.29, 1.82) is 0 Å². The van der Waals surface area contributed by atoms with Gasteiger partial charge in [0.25, 0.3) is 0 Å². The van der Waals surface area contributed by atoms with Crippen LogP contribution in [0.15, 0.2) is 6.20 Å². The molecule has 0 atom stereocenters. The topological polar surface area (TPSA) is 44.1 Å². The first-order valence-electron chi connectivity index (χ1n) is 3.51. The normalized spacial score (nSPS) is 9.92. The molecule has 0 unspecified atom stereocenters. The van der Waals surface area contributed by atoms with Gasteiger partial charge in [-0.2, -0.15) is 0 Å². The lowest BCUT2D eigenvalue weighted by atomic mass is 10.6. The maximum Gasteiger partial charge on any atom is 0.374 e. The van der Waals surface area contributed by atoms with E-state index in [0.29, 0.717) is 12.4 Å². The van der Waals surface area contributed by atoms with E-state index in [-0.39, 0.29) is 5.97 Å². The zero-order valence-corrected chi connectivity index (χ0v) is 9.03. The highest BCUT2D eigenvalue weighted by atomic mass is 127. The lowest BCUT2D eigenvalue weighted by Gasteiger charge is -1.99. The van der Waals surface area contributed by atoms with Gasteiger partial charge >= 0.3 is 5.97 Å². The van der Waals surface area contributed by atoms with Crippen molar-refractivity contribution in [3.63, 3.8) is 0 Å². The minimum atomic E-state index is -0.372. The van der Waals surface area contributed by atoms with Crippen molar-refractivity contribution in [1.82, 2.24) is 9.55 Å². The van der Waals surface area contributed by atoms with Crippen LogP contribution in [0, 0.1) is 3.70 Å². The van der Waals surface area contributed by atoms with Crippen LogP contribution in [-0.2, 0) is 11.8 Å². The van der Waals surface area contributed by atoms with Crippen molar-refractivity contribution >= 4 is 28.6 Å². The molecule has 1 rings (SSSR count). The fourth-order valence-electron chi connectivity index (χ4n) is 0.815. The van der Waals surface area contributed by atoms with Crippen LogP contribution in [0.2, 0.25) is 0 Å². The summed E-state index contributed by atoms with van der Waals surface area (Å²) in [6, 6.07) is 0. The van der Waals surface area contributed by atoms with E-state index in [9.17, 15) is 4.79 Å². The monoisotopic (exact) mass is 280 g/mol. The third-order valence-corrected chi connectivity index (χ3v) is 1.82. The van der Waals surface area contributed by atoms with Gasteiger partial charge < -0.3 is 9.30 Å². The molecule has 66 valence electrons. The summed E-state index contributed by atoms with van der Waals surface area (Å²) in [6.45, 7) is 2.15. The van der Waals surface area contributed by atoms with Crippen LogP contribution >= 0.6 is 22.6 Å². The Balaban J connectivity index is 2.87. The summed E-state index contributed by atoms with van der Waals surface area (Å²) >= 11 is 2.05. The maximum absolute atomic E-state index is 11.2. The molecule has 12 heavy (non-hydrogen) atoms. The average molecular weight is 280 g/mol. The van der Waals surface area contributed by atoms with Gasteiger partial charge in [-0.05, 0) is 29.5 Å². The Hall–Kier alpha value is -0.590. The lowest BCUT2D eigenvalue weighted by Crippen LogP contribution is -2.10. The van der Waals surface area contributed by atoms with Crippen molar-refractivity contribution in [2.24, 2.45) is 7.05 Å². The number of aromatic nitrogens is 2. The Kier molecular flexibility index (Phi) is 3.07. The SMILES string of the molecule is CCOC(=O)c1nc(I)cn1C. The highest BCUT2D eigenvalue weighted by molar-refractivity contribution is 14.1. The molecule has 0 radical (unpaired) electrons. The fourth-order valence-corrected chi connectivity index (χ4v) is 1.46. The lowest BCUT2D eigenvalue weighted by molar-refractivity contribution is 0.0508. The summed E-state index contributed by atoms with van der Waals surface area (Å²) in [7, 11) is 1.77. The third kappa shape index (κ3) is 1.96. The highest BCUT2D eigenvalue weighted by Crippen LogP contribution is 2.05. The van der Waals surface area contributed by atoms with Gasteiger partial charge in [0, 0.05) is 13.2 Å². The number of esters is 1. The Morgan fingerprint density at radius 3 is 2.92 bits per heavy atom. The number of hydrogen-bond acceptors (Lipinski definition) is 3. The molecule has 1 heterocycles. The van der Waals surface area contributed by atoms with Gasteiger partial charge in [0.1, 0.15) is 3.70 Å². The van der Waals surface area contributed by atoms with Crippen LogP contribution in [0.5, 0.6) is 0 Å². The second-order valence-corrected chi connectivity index (χ2v) is 3.32. The van der Waals surface area contributed by atoms with Crippen molar-refractivity contribution in [3.8, 4) is 0 Å². The van der Waals surface area contributed by atoms with Gasteiger partial charge in [-0.15, -0.1) is 0 Å². The van der Waals surface area contributed by atoms with Gasteiger partial charge in [0.05, 0.1) is 6.61 Å². The van der Waals surface area contributed by atoms with Crippen LogP contribution in [0.25, 0.3) is 0 Å². The van der Waals surface area contributed by atoms with E-state index in [1.165, 1.54) is 0 Å². The molecule has 1 aromatic rings. The van der Waals surface area contributed by atoms with Crippen LogP contribution in [0.1, 0.15) is 17.5 Å². The molecule has 0 aliphatic rings. The molecule has 0 saturated heterocycles. The number of carbonyl (C=O) groups excluding carboxylic acids is 1. The molecule has 1 aromatic heterocycles. The number of hydrogen-bond donors (Lipinski definition) is 0. The van der Waals surface area contributed by atoms with E-state index in [1.54, 1.807) is 24.7 Å². The quantitative estimate of drug-likeness (QED) is 0.604. The second-order valence-electron chi connectivity index (χ2n) is 2.22. The first kappa shape index (κ1) is 9.50. The molecule has 4 nitrogen and oxygen atoms in total. The van der Waals surface area contributed by atoms with Crippen LogP contribution in [0.4, 0.5) is 0 Å².